The third-order valence-corrected chi connectivity index (χ3v) is 7.03. The molecule has 1 saturated heterocycles. The van der Waals surface area contributed by atoms with Gasteiger partial charge < -0.3 is 20.4 Å². The topological polar surface area (TPSA) is 81.8 Å². The molecule has 0 radical (unpaired) electrons. The normalized spacial score (nSPS) is 13.5. The van der Waals surface area contributed by atoms with Crippen LogP contribution in [-0.2, 0) is 11.3 Å². The zero-order chi connectivity index (χ0) is 26.4. The number of nitrogens with one attached hydrogen (secondary N) is 2. The molecule has 4 rings (SSSR count). The van der Waals surface area contributed by atoms with E-state index in [0.29, 0.717) is 54.6 Å². The molecule has 37 heavy (non-hydrogen) atoms. The number of rotatable bonds is 8. The van der Waals surface area contributed by atoms with Crippen LogP contribution in [0.2, 0.25) is 0 Å². The fraction of sp³-hybridized carbons (Fsp3) is 0.321. The Hall–Kier alpha value is -3.72. The molecule has 2 N–H and O–H groups in total. The lowest BCUT2D eigenvalue weighted by Gasteiger charge is -2.37. The van der Waals surface area contributed by atoms with Gasteiger partial charge in [0.15, 0.2) is 0 Å². The van der Waals surface area contributed by atoms with Crippen LogP contribution in [-0.4, -0.2) is 48.8 Å². The van der Waals surface area contributed by atoms with E-state index in [1.54, 1.807) is 30.3 Å². The average molecular weight is 523 g/mol. The minimum atomic E-state index is -0.336. The number of carbonyl (C=O) groups excluding carboxylic acids is 3. The molecule has 1 aliphatic heterocycles. The molecule has 1 fully saturated rings. The first-order valence-corrected chi connectivity index (χ1v) is 13.2. The molecule has 0 aliphatic carbocycles. The third-order valence-electron chi connectivity index (χ3n) is 6.17. The van der Waals surface area contributed by atoms with E-state index in [-0.39, 0.29) is 30.1 Å². The maximum absolute atomic E-state index is 13.3. The van der Waals surface area contributed by atoms with Crippen molar-refractivity contribution in [2.24, 2.45) is 5.92 Å². The van der Waals surface area contributed by atoms with Gasteiger partial charge in [0.2, 0.25) is 5.91 Å². The van der Waals surface area contributed by atoms with Gasteiger partial charge in [-0.2, -0.15) is 0 Å². The first kappa shape index (κ1) is 26.3. The second kappa shape index (κ2) is 12.0. The molecular formula is C28H31FN4O3S. The van der Waals surface area contributed by atoms with Gasteiger partial charge in [-0.25, -0.2) is 4.39 Å². The number of anilines is 2. The molecule has 3 aromatic rings. The van der Waals surface area contributed by atoms with Crippen molar-refractivity contribution in [1.29, 1.82) is 0 Å². The predicted molar refractivity (Wildman–Crippen MR) is 145 cm³/mol. The number of halogens is 1. The van der Waals surface area contributed by atoms with Crippen LogP contribution < -0.4 is 15.5 Å². The maximum Gasteiger partial charge on any atom is 0.265 e. The molecule has 0 bridgehead atoms. The van der Waals surface area contributed by atoms with Gasteiger partial charge >= 0.3 is 0 Å². The van der Waals surface area contributed by atoms with Crippen molar-refractivity contribution in [3.8, 4) is 0 Å². The number of hydrogen-bond donors (Lipinski definition) is 2. The van der Waals surface area contributed by atoms with E-state index in [0.717, 1.165) is 11.3 Å². The molecule has 9 heteroatoms. The Balaban J connectivity index is 1.52. The number of nitrogens with zero attached hydrogens (tertiary/aromatic N) is 2. The van der Waals surface area contributed by atoms with Crippen LogP contribution in [0.4, 0.5) is 15.8 Å². The maximum atomic E-state index is 13.3. The van der Waals surface area contributed by atoms with Gasteiger partial charge in [-0.05, 0) is 53.3 Å². The van der Waals surface area contributed by atoms with Gasteiger partial charge in [-0.15, -0.1) is 11.3 Å². The highest BCUT2D eigenvalue weighted by atomic mass is 32.1. The molecular weight excluding hydrogens is 491 g/mol. The Morgan fingerprint density at radius 2 is 1.70 bits per heavy atom. The number of benzene rings is 2. The molecule has 3 amide bonds. The summed E-state index contributed by atoms with van der Waals surface area (Å²) in [5, 5.41) is 7.61. The number of thiophene rings is 1. The van der Waals surface area contributed by atoms with E-state index < -0.39 is 0 Å². The van der Waals surface area contributed by atoms with Gasteiger partial charge in [-0.3, -0.25) is 14.4 Å². The Bertz CT molecular complexity index is 1240. The van der Waals surface area contributed by atoms with Crippen molar-refractivity contribution < 1.29 is 18.8 Å². The quantitative estimate of drug-likeness (QED) is 0.447. The van der Waals surface area contributed by atoms with Crippen molar-refractivity contribution in [3.63, 3.8) is 0 Å². The molecule has 1 aromatic heterocycles. The van der Waals surface area contributed by atoms with Gasteiger partial charge in [0.05, 0.1) is 10.4 Å². The van der Waals surface area contributed by atoms with Gasteiger partial charge in [-0.1, -0.05) is 32.0 Å². The Labute approximate surface area is 220 Å². The van der Waals surface area contributed by atoms with E-state index in [9.17, 15) is 18.8 Å². The fourth-order valence-corrected chi connectivity index (χ4v) is 4.85. The van der Waals surface area contributed by atoms with Crippen LogP contribution in [0.5, 0.6) is 0 Å². The molecule has 2 heterocycles. The fourth-order valence-electron chi connectivity index (χ4n) is 4.23. The SMILES string of the molecule is CC(C)CC(=O)N1CCN(c2ccc(NC(=O)c3cccs3)cc2C(=O)NCc2ccc(F)cc2)CC1. The predicted octanol–water partition coefficient (Wildman–Crippen LogP) is 4.76. The molecule has 194 valence electrons. The summed E-state index contributed by atoms with van der Waals surface area (Å²) >= 11 is 1.34. The summed E-state index contributed by atoms with van der Waals surface area (Å²) in [4.78, 5) is 42.9. The van der Waals surface area contributed by atoms with Crippen LogP contribution in [0.15, 0.2) is 60.0 Å². The van der Waals surface area contributed by atoms with Crippen LogP contribution in [0.25, 0.3) is 0 Å². The lowest BCUT2D eigenvalue weighted by Crippen LogP contribution is -2.49. The van der Waals surface area contributed by atoms with Crippen LogP contribution in [0.1, 0.15) is 45.9 Å². The second-order valence-electron chi connectivity index (χ2n) is 9.44. The van der Waals surface area contributed by atoms with E-state index in [2.05, 4.69) is 15.5 Å². The average Bonchev–Trinajstić information content (AvgIpc) is 3.43. The summed E-state index contributed by atoms with van der Waals surface area (Å²) < 4.78 is 13.2. The zero-order valence-electron chi connectivity index (χ0n) is 21.0. The lowest BCUT2D eigenvalue weighted by atomic mass is 10.1. The molecule has 1 aliphatic rings. The molecule has 0 spiro atoms. The van der Waals surface area contributed by atoms with Crippen LogP contribution in [0, 0.1) is 11.7 Å². The Morgan fingerprint density at radius 3 is 2.35 bits per heavy atom. The largest absolute Gasteiger partial charge is 0.367 e. The second-order valence-corrected chi connectivity index (χ2v) is 10.4. The smallest absolute Gasteiger partial charge is 0.265 e. The molecule has 0 atom stereocenters. The Morgan fingerprint density at radius 1 is 0.973 bits per heavy atom. The van der Waals surface area contributed by atoms with Crippen LogP contribution >= 0.6 is 11.3 Å². The Kier molecular flexibility index (Phi) is 8.55. The van der Waals surface area contributed by atoms with Gasteiger partial charge in [0.25, 0.3) is 11.8 Å². The van der Waals surface area contributed by atoms with E-state index in [1.165, 1.54) is 23.5 Å². The standard InChI is InChI=1S/C28H31FN4O3S/c1-19(2)16-26(34)33-13-11-32(12-14-33)24-10-9-22(31-28(36)25-4-3-15-37-25)17-23(24)27(35)30-18-20-5-7-21(29)8-6-20/h3-10,15,17,19H,11-14,16,18H2,1-2H3,(H,30,35)(H,31,36). The first-order valence-electron chi connectivity index (χ1n) is 12.3. The minimum absolute atomic E-state index is 0.151. The van der Waals surface area contributed by atoms with Gasteiger partial charge in [0, 0.05) is 50.5 Å². The first-order chi connectivity index (χ1) is 17.8. The number of piperazine rings is 1. The van der Waals surface area contributed by atoms with E-state index >= 15 is 0 Å². The van der Waals surface area contributed by atoms with E-state index in [4.69, 9.17) is 0 Å². The van der Waals surface area contributed by atoms with Crippen molar-refractivity contribution >= 4 is 40.4 Å². The molecule has 7 nitrogen and oxygen atoms in total. The zero-order valence-corrected chi connectivity index (χ0v) is 21.8. The summed E-state index contributed by atoms with van der Waals surface area (Å²) in [7, 11) is 0. The number of carbonyl (C=O) groups is 3. The highest BCUT2D eigenvalue weighted by Crippen LogP contribution is 2.27. The number of amides is 3. The summed E-state index contributed by atoms with van der Waals surface area (Å²) in [6, 6.07) is 14.8. The lowest BCUT2D eigenvalue weighted by molar-refractivity contribution is -0.132. The van der Waals surface area contributed by atoms with Gasteiger partial charge in [0.1, 0.15) is 5.82 Å². The van der Waals surface area contributed by atoms with E-state index in [1.807, 2.05) is 36.3 Å². The van der Waals surface area contributed by atoms with Crippen molar-refractivity contribution in [3.05, 3.63) is 81.8 Å². The monoisotopic (exact) mass is 522 g/mol. The van der Waals surface area contributed by atoms with Crippen molar-refractivity contribution in [1.82, 2.24) is 10.2 Å². The summed E-state index contributed by atoms with van der Waals surface area (Å²) in [6.07, 6.45) is 0.523. The highest BCUT2D eigenvalue weighted by molar-refractivity contribution is 7.12. The van der Waals surface area contributed by atoms with Crippen molar-refractivity contribution in [2.45, 2.75) is 26.8 Å². The molecule has 2 aromatic carbocycles. The molecule has 0 unspecified atom stereocenters. The summed E-state index contributed by atoms with van der Waals surface area (Å²) in [5.74, 6) is -0.419. The van der Waals surface area contributed by atoms with Crippen molar-refractivity contribution in [2.75, 3.05) is 36.4 Å². The van der Waals surface area contributed by atoms with Crippen LogP contribution in [0.3, 0.4) is 0 Å². The number of hydrogen-bond acceptors (Lipinski definition) is 5. The molecule has 0 saturated carbocycles. The minimum Gasteiger partial charge on any atom is -0.367 e. The summed E-state index contributed by atoms with van der Waals surface area (Å²) in [5.41, 5.74) is 2.45. The third kappa shape index (κ3) is 6.95. The summed E-state index contributed by atoms with van der Waals surface area (Å²) in [6.45, 7) is 6.67. The highest BCUT2D eigenvalue weighted by Gasteiger charge is 2.25.